The summed E-state index contributed by atoms with van der Waals surface area (Å²) in [5.41, 5.74) is 0.326. The van der Waals surface area contributed by atoms with Crippen molar-refractivity contribution in [2.24, 2.45) is 0 Å². The molecule has 0 amide bonds. The first-order valence-corrected chi connectivity index (χ1v) is 5.65. The second kappa shape index (κ2) is 7.72. The molecule has 0 heterocycles. The maximum atomic E-state index is 13.1. The highest BCUT2D eigenvalue weighted by atomic mass is 19.4. The Balaban J connectivity index is 2.63. The third-order valence-electron chi connectivity index (χ3n) is 2.01. The molecule has 1 aromatic carbocycles. The SMILES string of the molecule is OCCC#Cc1ccc(F)cc1OCCOC(F)(F)F. The van der Waals surface area contributed by atoms with E-state index < -0.39 is 25.4 Å². The molecule has 0 bridgehead atoms. The van der Waals surface area contributed by atoms with Crippen LogP contribution in [0.15, 0.2) is 18.2 Å². The summed E-state index contributed by atoms with van der Waals surface area (Å²) in [4.78, 5) is 0. The minimum Gasteiger partial charge on any atom is -0.490 e. The van der Waals surface area contributed by atoms with Crippen LogP contribution in [0.4, 0.5) is 17.6 Å². The second-order valence-electron chi connectivity index (χ2n) is 3.56. The molecule has 3 nitrogen and oxygen atoms in total. The highest BCUT2D eigenvalue weighted by molar-refractivity contribution is 5.46. The summed E-state index contributed by atoms with van der Waals surface area (Å²) in [5, 5.41) is 8.59. The number of halogens is 4. The lowest BCUT2D eigenvalue weighted by Crippen LogP contribution is -2.18. The Labute approximate surface area is 113 Å². The minimum atomic E-state index is -4.73. The molecule has 0 aliphatic heterocycles. The van der Waals surface area contributed by atoms with Gasteiger partial charge in [-0.05, 0) is 12.1 Å². The largest absolute Gasteiger partial charge is 0.522 e. The summed E-state index contributed by atoms with van der Waals surface area (Å²) in [5.74, 6) is 4.68. The van der Waals surface area contributed by atoms with Crippen molar-refractivity contribution in [3.63, 3.8) is 0 Å². The van der Waals surface area contributed by atoms with Gasteiger partial charge in [-0.25, -0.2) is 4.39 Å². The number of alkyl halides is 3. The van der Waals surface area contributed by atoms with E-state index in [9.17, 15) is 17.6 Å². The second-order valence-corrected chi connectivity index (χ2v) is 3.56. The summed E-state index contributed by atoms with van der Waals surface area (Å²) in [6.45, 7) is -1.22. The third-order valence-corrected chi connectivity index (χ3v) is 2.01. The van der Waals surface area contributed by atoms with Crippen molar-refractivity contribution in [3.05, 3.63) is 29.6 Å². The lowest BCUT2D eigenvalue weighted by atomic mass is 10.2. The molecule has 0 unspecified atom stereocenters. The Morgan fingerprint density at radius 3 is 2.60 bits per heavy atom. The van der Waals surface area contributed by atoms with Gasteiger partial charge in [0.05, 0.1) is 18.8 Å². The Morgan fingerprint density at radius 2 is 1.95 bits per heavy atom. The highest BCUT2D eigenvalue weighted by Gasteiger charge is 2.28. The Bertz CT molecular complexity index is 489. The molecule has 7 heteroatoms. The molecule has 20 heavy (non-hydrogen) atoms. The number of aliphatic hydroxyl groups excluding tert-OH is 1. The number of aliphatic hydroxyl groups is 1. The minimum absolute atomic E-state index is 0.0289. The smallest absolute Gasteiger partial charge is 0.490 e. The van der Waals surface area contributed by atoms with Gasteiger partial charge >= 0.3 is 6.36 Å². The third kappa shape index (κ3) is 6.41. The van der Waals surface area contributed by atoms with E-state index in [0.717, 1.165) is 12.1 Å². The zero-order valence-electron chi connectivity index (χ0n) is 10.3. The van der Waals surface area contributed by atoms with Crippen LogP contribution in [0.3, 0.4) is 0 Å². The molecule has 110 valence electrons. The van der Waals surface area contributed by atoms with Crippen LogP contribution in [0.5, 0.6) is 5.75 Å². The fourth-order valence-corrected chi connectivity index (χ4v) is 1.24. The van der Waals surface area contributed by atoms with E-state index in [2.05, 4.69) is 16.6 Å². The quantitative estimate of drug-likeness (QED) is 0.515. The van der Waals surface area contributed by atoms with Crippen LogP contribution >= 0.6 is 0 Å². The fraction of sp³-hybridized carbons (Fsp3) is 0.385. The molecule has 0 spiro atoms. The number of rotatable bonds is 5. The van der Waals surface area contributed by atoms with Gasteiger partial charge in [-0.3, -0.25) is 4.74 Å². The highest BCUT2D eigenvalue weighted by Crippen LogP contribution is 2.20. The van der Waals surface area contributed by atoms with Crippen molar-refractivity contribution >= 4 is 0 Å². The molecule has 1 N–H and O–H groups in total. The fourth-order valence-electron chi connectivity index (χ4n) is 1.24. The molecule has 0 fully saturated rings. The van der Waals surface area contributed by atoms with Gasteiger partial charge in [0.15, 0.2) is 0 Å². The summed E-state index contributed by atoms with van der Waals surface area (Å²) >= 11 is 0. The topological polar surface area (TPSA) is 38.7 Å². The average molecular weight is 292 g/mol. The van der Waals surface area contributed by atoms with Gasteiger partial charge in [0.2, 0.25) is 0 Å². The Hall–Kier alpha value is -1.78. The molecule has 0 aromatic heterocycles. The van der Waals surface area contributed by atoms with Crippen LogP contribution in [-0.4, -0.2) is 31.3 Å². The van der Waals surface area contributed by atoms with Gasteiger partial charge in [0.25, 0.3) is 0 Å². The molecular weight excluding hydrogens is 280 g/mol. The van der Waals surface area contributed by atoms with Crippen LogP contribution in [0.2, 0.25) is 0 Å². The van der Waals surface area contributed by atoms with Gasteiger partial charge in [-0.15, -0.1) is 13.2 Å². The predicted molar refractivity (Wildman–Crippen MR) is 62.5 cm³/mol. The van der Waals surface area contributed by atoms with Gasteiger partial charge in [0.1, 0.15) is 18.2 Å². The van der Waals surface area contributed by atoms with Crippen molar-refractivity contribution < 1.29 is 32.1 Å². The van der Waals surface area contributed by atoms with Crippen molar-refractivity contribution in [3.8, 4) is 17.6 Å². The molecule has 0 saturated heterocycles. The van der Waals surface area contributed by atoms with Crippen LogP contribution < -0.4 is 4.74 Å². The van der Waals surface area contributed by atoms with Crippen LogP contribution in [0.25, 0.3) is 0 Å². The number of ether oxygens (including phenoxy) is 2. The molecular formula is C13H12F4O3. The maximum Gasteiger partial charge on any atom is 0.522 e. The first-order chi connectivity index (χ1) is 9.42. The molecule has 1 aromatic rings. The van der Waals surface area contributed by atoms with Crippen LogP contribution in [0.1, 0.15) is 12.0 Å². The lowest BCUT2D eigenvalue weighted by molar-refractivity contribution is -0.325. The van der Waals surface area contributed by atoms with Crippen molar-refractivity contribution in [1.82, 2.24) is 0 Å². The number of benzene rings is 1. The van der Waals surface area contributed by atoms with E-state index in [4.69, 9.17) is 9.84 Å². The standard InChI is InChI=1S/C13H12F4O3/c14-11-5-4-10(3-1-2-6-18)12(9-11)19-7-8-20-13(15,16)17/h4-5,9,18H,2,6-8H2. The first kappa shape index (κ1) is 16.3. The molecule has 0 atom stereocenters. The van der Waals surface area contributed by atoms with E-state index >= 15 is 0 Å². The monoisotopic (exact) mass is 292 g/mol. The van der Waals surface area contributed by atoms with Crippen LogP contribution in [-0.2, 0) is 4.74 Å². The summed E-state index contributed by atoms with van der Waals surface area (Å²) in [7, 11) is 0. The Morgan fingerprint density at radius 1 is 1.20 bits per heavy atom. The summed E-state index contributed by atoms with van der Waals surface area (Å²) < 4.78 is 56.8. The first-order valence-electron chi connectivity index (χ1n) is 5.65. The average Bonchev–Trinajstić information content (AvgIpc) is 2.36. The van der Waals surface area contributed by atoms with Gasteiger partial charge in [-0.2, -0.15) is 0 Å². The van der Waals surface area contributed by atoms with Gasteiger partial charge < -0.3 is 9.84 Å². The lowest BCUT2D eigenvalue weighted by Gasteiger charge is -2.10. The molecule has 0 radical (unpaired) electrons. The van der Waals surface area contributed by atoms with E-state index in [1.165, 1.54) is 6.07 Å². The van der Waals surface area contributed by atoms with E-state index in [1.54, 1.807) is 0 Å². The predicted octanol–water partition coefficient (Wildman–Crippen LogP) is 2.47. The van der Waals surface area contributed by atoms with Gasteiger partial charge in [-0.1, -0.05) is 11.8 Å². The van der Waals surface area contributed by atoms with E-state index in [-0.39, 0.29) is 18.8 Å². The maximum absolute atomic E-state index is 13.1. The summed E-state index contributed by atoms with van der Waals surface area (Å²) in [6, 6.07) is 3.53. The van der Waals surface area contributed by atoms with E-state index in [1.807, 2.05) is 0 Å². The summed E-state index contributed by atoms with van der Waals surface area (Å²) in [6.07, 6.45) is -4.50. The van der Waals surface area contributed by atoms with Crippen LogP contribution in [0, 0.1) is 17.7 Å². The zero-order valence-corrected chi connectivity index (χ0v) is 10.3. The van der Waals surface area contributed by atoms with Gasteiger partial charge in [0, 0.05) is 12.5 Å². The zero-order chi connectivity index (χ0) is 15.0. The molecule has 0 saturated carbocycles. The molecule has 1 rings (SSSR count). The van der Waals surface area contributed by atoms with Crippen molar-refractivity contribution in [2.45, 2.75) is 12.8 Å². The molecule has 0 aliphatic rings. The van der Waals surface area contributed by atoms with Crippen molar-refractivity contribution in [1.29, 1.82) is 0 Å². The Kier molecular flexibility index (Phi) is 6.28. The normalized spacial score (nSPS) is 10.8. The number of hydrogen-bond acceptors (Lipinski definition) is 3. The van der Waals surface area contributed by atoms with E-state index in [0.29, 0.717) is 5.56 Å². The molecule has 0 aliphatic carbocycles. The number of hydrogen-bond donors (Lipinski definition) is 1. The van der Waals surface area contributed by atoms with Crippen molar-refractivity contribution in [2.75, 3.05) is 19.8 Å².